The summed E-state index contributed by atoms with van der Waals surface area (Å²) in [6.07, 6.45) is 1.88. The Kier molecular flexibility index (Phi) is 4.25. The normalized spacial score (nSPS) is 10.9. The molecular formula is C11H10O3. The SMILES string of the molecule is COC(C#COC=O)c1ccccc1. The van der Waals surface area contributed by atoms with Crippen LogP contribution in [0.2, 0.25) is 0 Å². The van der Waals surface area contributed by atoms with Crippen LogP contribution in [0.15, 0.2) is 30.3 Å². The van der Waals surface area contributed by atoms with E-state index in [0.29, 0.717) is 0 Å². The zero-order chi connectivity index (χ0) is 10.2. The van der Waals surface area contributed by atoms with Gasteiger partial charge in [-0.2, -0.15) is 0 Å². The number of carbonyl (C=O) groups excluding carboxylic acids is 1. The number of carbonyl (C=O) groups is 1. The van der Waals surface area contributed by atoms with Crippen molar-refractivity contribution in [2.24, 2.45) is 0 Å². The van der Waals surface area contributed by atoms with Gasteiger partial charge in [0.05, 0.1) is 0 Å². The highest BCUT2D eigenvalue weighted by Gasteiger charge is 2.04. The molecule has 3 nitrogen and oxygen atoms in total. The second-order valence-corrected chi connectivity index (χ2v) is 2.49. The van der Waals surface area contributed by atoms with Crippen LogP contribution < -0.4 is 0 Å². The summed E-state index contributed by atoms with van der Waals surface area (Å²) in [6.45, 7) is 0.282. The molecule has 72 valence electrons. The molecule has 0 aromatic heterocycles. The molecule has 0 fully saturated rings. The summed E-state index contributed by atoms with van der Waals surface area (Å²) in [4.78, 5) is 9.85. The Morgan fingerprint density at radius 1 is 1.36 bits per heavy atom. The van der Waals surface area contributed by atoms with E-state index in [1.807, 2.05) is 30.3 Å². The van der Waals surface area contributed by atoms with Crippen molar-refractivity contribution >= 4 is 6.47 Å². The van der Waals surface area contributed by atoms with Crippen molar-refractivity contribution in [2.75, 3.05) is 7.11 Å². The number of methoxy groups -OCH3 is 1. The van der Waals surface area contributed by atoms with Gasteiger partial charge in [0.2, 0.25) is 0 Å². The molecule has 0 saturated carbocycles. The lowest BCUT2D eigenvalue weighted by Crippen LogP contribution is -1.97. The molecule has 14 heavy (non-hydrogen) atoms. The fraction of sp³-hybridized carbons (Fsp3) is 0.182. The molecule has 0 aliphatic carbocycles. The van der Waals surface area contributed by atoms with Crippen LogP contribution in [0, 0.1) is 12.0 Å². The van der Waals surface area contributed by atoms with E-state index in [4.69, 9.17) is 4.74 Å². The number of ether oxygens (including phenoxy) is 2. The monoisotopic (exact) mass is 190 g/mol. The Hall–Kier alpha value is -1.79. The minimum Gasteiger partial charge on any atom is -0.375 e. The Morgan fingerprint density at radius 3 is 2.64 bits per heavy atom. The summed E-state index contributed by atoms with van der Waals surface area (Å²) in [6, 6.07) is 9.48. The van der Waals surface area contributed by atoms with Crippen molar-refractivity contribution in [3.8, 4) is 12.0 Å². The lowest BCUT2D eigenvalue weighted by Gasteiger charge is -2.07. The number of hydrogen-bond acceptors (Lipinski definition) is 3. The van der Waals surface area contributed by atoms with Gasteiger partial charge in [-0.25, -0.2) is 0 Å². The van der Waals surface area contributed by atoms with E-state index in [2.05, 4.69) is 16.8 Å². The third-order valence-electron chi connectivity index (χ3n) is 1.64. The van der Waals surface area contributed by atoms with Crippen molar-refractivity contribution in [1.82, 2.24) is 0 Å². The quantitative estimate of drug-likeness (QED) is 0.535. The smallest absolute Gasteiger partial charge is 0.307 e. The van der Waals surface area contributed by atoms with E-state index in [9.17, 15) is 4.79 Å². The van der Waals surface area contributed by atoms with Gasteiger partial charge in [-0.3, -0.25) is 4.79 Å². The predicted molar refractivity (Wildman–Crippen MR) is 51.1 cm³/mol. The van der Waals surface area contributed by atoms with Crippen molar-refractivity contribution < 1.29 is 14.3 Å². The van der Waals surface area contributed by atoms with Gasteiger partial charge >= 0.3 is 6.47 Å². The lowest BCUT2D eigenvalue weighted by molar-refractivity contribution is -0.122. The zero-order valence-electron chi connectivity index (χ0n) is 7.77. The summed E-state index contributed by atoms with van der Waals surface area (Å²) in [5.41, 5.74) is 0.928. The van der Waals surface area contributed by atoms with Crippen molar-refractivity contribution in [1.29, 1.82) is 0 Å². The standard InChI is InChI=1S/C11H10O3/c1-13-11(7-8-14-9-12)10-5-3-2-4-6-10/h2-6,9,11H,1H3. The van der Waals surface area contributed by atoms with E-state index in [0.717, 1.165) is 5.56 Å². The first-order chi connectivity index (χ1) is 6.88. The van der Waals surface area contributed by atoms with Crippen LogP contribution in [-0.4, -0.2) is 13.6 Å². The van der Waals surface area contributed by atoms with Crippen LogP contribution in [0.25, 0.3) is 0 Å². The molecule has 0 saturated heterocycles. The van der Waals surface area contributed by atoms with Crippen LogP contribution in [0.5, 0.6) is 0 Å². The summed E-state index contributed by atoms with van der Waals surface area (Å²) in [7, 11) is 1.55. The Balaban J connectivity index is 2.74. The molecule has 1 atom stereocenters. The molecular weight excluding hydrogens is 180 g/mol. The molecule has 0 amide bonds. The van der Waals surface area contributed by atoms with E-state index >= 15 is 0 Å². The average molecular weight is 190 g/mol. The molecule has 0 heterocycles. The van der Waals surface area contributed by atoms with Crippen molar-refractivity contribution in [2.45, 2.75) is 6.10 Å². The summed E-state index contributed by atoms with van der Waals surface area (Å²) < 4.78 is 9.38. The first-order valence-electron chi connectivity index (χ1n) is 4.06. The van der Waals surface area contributed by atoms with Crippen molar-refractivity contribution in [3.05, 3.63) is 35.9 Å². The molecule has 0 aliphatic rings. The summed E-state index contributed by atoms with van der Waals surface area (Å²) >= 11 is 0. The Labute approximate surface area is 82.6 Å². The molecule has 1 rings (SSSR count). The Bertz CT molecular complexity index is 335. The van der Waals surface area contributed by atoms with Gasteiger partial charge in [0.1, 0.15) is 12.2 Å². The Morgan fingerprint density at radius 2 is 2.07 bits per heavy atom. The third-order valence-corrected chi connectivity index (χ3v) is 1.64. The van der Waals surface area contributed by atoms with Crippen LogP contribution in [0.4, 0.5) is 0 Å². The molecule has 1 aromatic rings. The first-order valence-corrected chi connectivity index (χ1v) is 4.06. The van der Waals surface area contributed by atoms with E-state index < -0.39 is 0 Å². The van der Waals surface area contributed by atoms with Crippen LogP contribution in [0.1, 0.15) is 11.7 Å². The maximum atomic E-state index is 9.85. The fourth-order valence-electron chi connectivity index (χ4n) is 1.02. The lowest BCUT2D eigenvalue weighted by atomic mass is 10.1. The van der Waals surface area contributed by atoms with Crippen LogP contribution in [0.3, 0.4) is 0 Å². The van der Waals surface area contributed by atoms with Gasteiger partial charge in [-0.05, 0) is 11.5 Å². The largest absolute Gasteiger partial charge is 0.375 e. The van der Waals surface area contributed by atoms with Gasteiger partial charge < -0.3 is 9.47 Å². The van der Waals surface area contributed by atoms with E-state index in [1.165, 1.54) is 0 Å². The van der Waals surface area contributed by atoms with Gasteiger partial charge in [-0.1, -0.05) is 30.3 Å². The fourth-order valence-corrected chi connectivity index (χ4v) is 1.02. The molecule has 3 heteroatoms. The highest BCUT2D eigenvalue weighted by Crippen LogP contribution is 2.14. The van der Waals surface area contributed by atoms with E-state index in [1.54, 1.807) is 7.11 Å². The molecule has 0 N–H and O–H groups in total. The third kappa shape index (κ3) is 2.92. The highest BCUT2D eigenvalue weighted by atomic mass is 16.5. The predicted octanol–water partition coefficient (Wildman–Crippen LogP) is 1.51. The maximum Gasteiger partial charge on any atom is 0.307 e. The molecule has 1 aromatic carbocycles. The molecule has 0 spiro atoms. The first kappa shape index (κ1) is 10.3. The molecule has 0 radical (unpaired) electrons. The van der Waals surface area contributed by atoms with Gasteiger partial charge in [-0.15, -0.1) is 0 Å². The van der Waals surface area contributed by atoms with Gasteiger partial charge in [0.25, 0.3) is 0 Å². The molecule has 1 unspecified atom stereocenters. The molecule has 0 aliphatic heterocycles. The topological polar surface area (TPSA) is 35.5 Å². The summed E-state index contributed by atoms with van der Waals surface area (Å²) in [5, 5.41) is 0. The number of benzene rings is 1. The van der Waals surface area contributed by atoms with Crippen LogP contribution >= 0.6 is 0 Å². The minimum atomic E-state index is -0.365. The highest BCUT2D eigenvalue weighted by molar-refractivity contribution is 5.39. The average Bonchev–Trinajstić information content (AvgIpc) is 2.26. The van der Waals surface area contributed by atoms with E-state index in [-0.39, 0.29) is 12.6 Å². The number of rotatable bonds is 3. The second kappa shape index (κ2) is 5.79. The number of hydrogen-bond donors (Lipinski definition) is 0. The van der Waals surface area contributed by atoms with Gasteiger partial charge in [0.15, 0.2) is 0 Å². The molecule has 0 bridgehead atoms. The van der Waals surface area contributed by atoms with Gasteiger partial charge in [0, 0.05) is 7.11 Å². The second-order valence-electron chi connectivity index (χ2n) is 2.49. The maximum absolute atomic E-state index is 9.85. The summed E-state index contributed by atoms with van der Waals surface area (Å²) in [5.74, 6) is 2.66. The van der Waals surface area contributed by atoms with Crippen molar-refractivity contribution in [3.63, 3.8) is 0 Å². The van der Waals surface area contributed by atoms with Crippen LogP contribution in [-0.2, 0) is 14.3 Å². The zero-order valence-corrected chi connectivity index (χ0v) is 7.77. The minimum absolute atomic E-state index is 0.282.